The summed E-state index contributed by atoms with van der Waals surface area (Å²) in [6.07, 6.45) is 7.58. The molecule has 1 aromatic heterocycles. The minimum absolute atomic E-state index is 0.0494. The van der Waals surface area contributed by atoms with Crippen molar-refractivity contribution in [3.8, 4) is 11.3 Å². The second-order valence-corrected chi connectivity index (χ2v) is 10.8. The molecule has 0 radical (unpaired) electrons. The van der Waals surface area contributed by atoms with Crippen LogP contribution in [0.1, 0.15) is 24.0 Å². The van der Waals surface area contributed by atoms with Crippen molar-refractivity contribution in [1.82, 2.24) is 19.4 Å². The van der Waals surface area contributed by atoms with Crippen molar-refractivity contribution in [3.63, 3.8) is 0 Å². The minimum Gasteiger partial charge on any atom is -0.350 e. The topological polar surface area (TPSA) is 84.3 Å². The van der Waals surface area contributed by atoms with Crippen LogP contribution in [-0.4, -0.2) is 53.8 Å². The Bertz CT molecular complexity index is 1280. The molecule has 2 aromatic carbocycles. The average molecular weight is 499 g/mol. The molecule has 1 aliphatic rings. The Morgan fingerprint density at radius 1 is 1.12 bits per heavy atom. The van der Waals surface area contributed by atoms with E-state index in [1.54, 1.807) is 6.08 Å². The molecular formula is C25H27ClN4O3S. The molecule has 3 aromatic rings. The summed E-state index contributed by atoms with van der Waals surface area (Å²) in [6.45, 7) is 1.35. The minimum atomic E-state index is -3.19. The van der Waals surface area contributed by atoms with Gasteiger partial charge < -0.3 is 5.32 Å². The quantitative estimate of drug-likeness (QED) is 0.502. The molecule has 178 valence electrons. The standard InChI is InChI=1S/C25H27ClN4O3S/c1-34(32,33)30-15-13-22(14-16-30)27-24(31)12-11-21-18-29(17-20-9-5-6-10-23(20)26)28-25(21)19-7-3-2-4-8-19/h2-12,18,22H,13-17H2,1H3,(H,27,31)/b12-11+. The number of nitrogens with zero attached hydrogens (tertiary/aromatic N) is 3. The molecule has 1 aliphatic heterocycles. The van der Waals surface area contributed by atoms with E-state index in [2.05, 4.69) is 5.32 Å². The number of carbonyl (C=O) groups excluding carboxylic acids is 1. The summed E-state index contributed by atoms with van der Waals surface area (Å²) >= 11 is 6.32. The Hall–Kier alpha value is -2.94. The third kappa shape index (κ3) is 6.14. The lowest BCUT2D eigenvalue weighted by Crippen LogP contribution is -2.45. The van der Waals surface area contributed by atoms with E-state index in [0.29, 0.717) is 37.5 Å². The van der Waals surface area contributed by atoms with Crippen LogP contribution in [-0.2, 0) is 21.4 Å². The van der Waals surface area contributed by atoms with Crippen molar-refractivity contribution >= 4 is 33.6 Å². The fraction of sp³-hybridized carbons (Fsp3) is 0.280. The normalized spacial score (nSPS) is 15.6. The third-order valence-corrected chi connectivity index (χ3v) is 7.48. The van der Waals surface area contributed by atoms with Gasteiger partial charge in [-0.25, -0.2) is 12.7 Å². The van der Waals surface area contributed by atoms with Gasteiger partial charge >= 0.3 is 0 Å². The Morgan fingerprint density at radius 2 is 1.79 bits per heavy atom. The number of sulfonamides is 1. The number of aromatic nitrogens is 2. The van der Waals surface area contributed by atoms with E-state index in [1.165, 1.54) is 16.6 Å². The number of carbonyl (C=O) groups is 1. The maximum absolute atomic E-state index is 12.6. The van der Waals surface area contributed by atoms with Gasteiger partial charge in [-0.05, 0) is 30.5 Å². The van der Waals surface area contributed by atoms with Crippen molar-refractivity contribution in [2.24, 2.45) is 0 Å². The molecule has 0 unspecified atom stereocenters. The van der Waals surface area contributed by atoms with Gasteiger partial charge in [-0.3, -0.25) is 9.48 Å². The molecule has 9 heteroatoms. The van der Waals surface area contributed by atoms with Crippen LogP contribution in [0.4, 0.5) is 0 Å². The molecule has 1 fully saturated rings. The second kappa shape index (κ2) is 10.5. The molecule has 0 aliphatic carbocycles. The van der Waals surface area contributed by atoms with Crippen LogP contribution in [0, 0.1) is 0 Å². The van der Waals surface area contributed by atoms with E-state index in [4.69, 9.17) is 16.7 Å². The first-order valence-corrected chi connectivity index (χ1v) is 13.3. The number of rotatable bonds is 7. The summed E-state index contributed by atoms with van der Waals surface area (Å²) in [5, 5.41) is 8.42. The van der Waals surface area contributed by atoms with Crippen LogP contribution in [0.3, 0.4) is 0 Å². The molecule has 0 bridgehead atoms. The smallest absolute Gasteiger partial charge is 0.244 e. The maximum atomic E-state index is 12.6. The number of amides is 1. The monoisotopic (exact) mass is 498 g/mol. The summed E-state index contributed by atoms with van der Waals surface area (Å²) in [5.41, 5.74) is 3.51. The highest BCUT2D eigenvalue weighted by atomic mass is 35.5. The molecule has 34 heavy (non-hydrogen) atoms. The van der Waals surface area contributed by atoms with Crippen LogP contribution in [0.5, 0.6) is 0 Å². The van der Waals surface area contributed by atoms with Gasteiger partial charge in [0.2, 0.25) is 15.9 Å². The van der Waals surface area contributed by atoms with Gasteiger partial charge in [-0.2, -0.15) is 5.10 Å². The summed E-state index contributed by atoms with van der Waals surface area (Å²) in [7, 11) is -3.19. The first-order valence-electron chi connectivity index (χ1n) is 11.1. The largest absolute Gasteiger partial charge is 0.350 e. The average Bonchev–Trinajstić information content (AvgIpc) is 3.22. The Morgan fingerprint density at radius 3 is 2.47 bits per heavy atom. The molecule has 1 amide bonds. The lowest BCUT2D eigenvalue weighted by Gasteiger charge is -2.30. The Balaban J connectivity index is 1.48. The number of hydrogen-bond donors (Lipinski definition) is 1. The zero-order chi connectivity index (χ0) is 24.1. The highest BCUT2D eigenvalue weighted by molar-refractivity contribution is 7.88. The van der Waals surface area contributed by atoms with E-state index in [-0.39, 0.29) is 11.9 Å². The first kappa shape index (κ1) is 24.2. The van der Waals surface area contributed by atoms with Gasteiger partial charge in [-0.1, -0.05) is 60.1 Å². The van der Waals surface area contributed by atoms with Crippen LogP contribution >= 0.6 is 11.6 Å². The molecule has 4 rings (SSSR count). The molecule has 0 atom stereocenters. The van der Waals surface area contributed by atoms with Gasteiger partial charge in [0.15, 0.2) is 0 Å². The molecule has 2 heterocycles. The van der Waals surface area contributed by atoms with Crippen LogP contribution in [0.15, 0.2) is 66.9 Å². The predicted octanol–water partition coefficient (Wildman–Crippen LogP) is 3.81. The summed E-state index contributed by atoms with van der Waals surface area (Å²) in [5.74, 6) is -0.212. The number of benzene rings is 2. The fourth-order valence-corrected chi connectivity index (χ4v) is 5.08. The van der Waals surface area contributed by atoms with Crippen molar-refractivity contribution in [2.45, 2.75) is 25.4 Å². The zero-order valence-electron chi connectivity index (χ0n) is 18.9. The number of halogens is 1. The van der Waals surface area contributed by atoms with Gasteiger partial charge in [-0.15, -0.1) is 0 Å². The van der Waals surface area contributed by atoms with E-state index in [0.717, 1.165) is 22.4 Å². The predicted molar refractivity (Wildman–Crippen MR) is 135 cm³/mol. The molecule has 0 saturated carbocycles. The van der Waals surface area contributed by atoms with Crippen molar-refractivity contribution in [3.05, 3.63) is 83.0 Å². The third-order valence-electron chi connectivity index (χ3n) is 5.81. The second-order valence-electron chi connectivity index (χ2n) is 8.37. The lowest BCUT2D eigenvalue weighted by atomic mass is 10.1. The molecule has 1 N–H and O–H groups in total. The first-order chi connectivity index (χ1) is 16.3. The van der Waals surface area contributed by atoms with E-state index >= 15 is 0 Å². The molecule has 1 saturated heterocycles. The highest BCUT2D eigenvalue weighted by Crippen LogP contribution is 2.24. The fourth-order valence-electron chi connectivity index (χ4n) is 4.01. The van der Waals surface area contributed by atoms with E-state index < -0.39 is 10.0 Å². The maximum Gasteiger partial charge on any atom is 0.244 e. The van der Waals surface area contributed by atoms with Crippen molar-refractivity contribution in [1.29, 1.82) is 0 Å². The molecule has 7 nitrogen and oxygen atoms in total. The highest BCUT2D eigenvalue weighted by Gasteiger charge is 2.25. The summed E-state index contributed by atoms with van der Waals surface area (Å²) in [4.78, 5) is 12.6. The van der Waals surface area contributed by atoms with E-state index in [1.807, 2.05) is 65.5 Å². The van der Waals surface area contributed by atoms with Gasteiger partial charge in [0.1, 0.15) is 0 Å². The van der Waals surface area contributed by atoms with Gasteiger partial charge in [0.25, 0.3) is 0 Å². The molecular weight excluding hydrogens is 472 g/mol. The number of hydrogen-bond acceptors (Lipinski definition) is 4. The van der Waals surface area contributed by atoms with Crippen molar-refractivity contribution in [2.75, 3.05) is 19.3 Å². The zero-order valence-corrected chi connectivity index (χ0v) is 20.5. The summed E-state index contributed by atoms with van der Waals surface area (Å²) in [6, 6.07) is 17.4. The number of piperidine rings is 1. The summed E-state index contributed by atoms with van der Waals surface area (Å²) < 4.78 is 26.6. The van der Waals surface area contributed by atoms with Crippen molar-refractivity contribution < 1.29 is 13.2 Å². The van der Waals surface area contributed by atoms with Gasteiger partial charge in [0.05, 0.1) is 18.5 Å². The van der Waals surface area contributed by atoms with E-state index in [9.17, 15) is 13.2 Å². The molecule has 0 spiro atoms. The Kier molecular flexibility index (Phi) is 7.50. The van der Waals surface area contributed by atoms with Crippen LogP contribution in [0.25, 0.3) is 17.3 Å². The SMILES string of the molecule is CS(=O)(=O)N1CCC(NC(=O)/C=C/c2cn(Cc3ccccc3Cl)nc2-c2ccccc2)CC1. The van der Waals surface area contributed by atoms with Crippen LogP contribution < -0.4 is 5.32 Å². The van der Waals surface area contributed by atoms with Gasteiger partial charge in [0, 0.05) is 47.6 Å². The Labute approximate surface area is 205 Å². The lowest BCUT2D eigenvalue weighted by molar-refractivity contribution is -0.117. The van der Waals surface area contributed by atoms with Crippen LogP contribution in [0.2, 0.25) is 5.02 Å². The number of nitrogens with one attached hydrogen (secondary N) is 1.